The monoisotopic (exact) mass is 335 g/mol. The van der Waals surface area contributed by atoms with Crippen LogP contribution in [0.3, 0.4) is 0 Å². The van der Waals surface area contributed by atoms with Crippen molar-refractivity contribution in [2.24, 2.45) is 0 Å². The van der Waals surface area contributed by atoms with Gasteiger partial charge in [0.15, 0.2) is 0 Å². The van der Waals surface area contributed by atoms with Crippen LogP contribution >= 0.6 is 0 Å². The Hall–Kier alpha value is -1.44. The quantitative estimate of drug-likeness (QED) is 0.851. The zero-order valence-electron chi connectivity index (χ0n) is 13.0. The summed E-state index contributed by atoms with van der Waals surface area (Å²) in [5.74, 6) is -0.177. The average molecular weight is 335 g/mol. The zero-order valence-corrected chi connectivity index (χ0v) is 13.8. The largest absolute Gasteiger partial charge is 0.352 e. The first-order chi connectivity index (χ1) is 11.1. The number of sulfonamides is 1. The Morgan fingerprint density at radius 1 is 1.17 bits per heavy atom. The maximum absolute atomic E-state index is 12.9. The van der Waals surface area contributed by atoms with Crippen LogP contribution in [0.4, 0.5) is 0 Å². The van der Waals surface area contributed by atoms with Crippen molar-refractivity contribution in [3.8, 4) is 0 Å². The number of nitrogens with zero attached hydrogens (tertiary/aromatic N) is 2. The second-order valence-electron chi connectivity index (χ2n) is 6.52. The summed E-state index contributed by atoms with van der Waals surface area (Å²) < 4.78 is 27.5. The fourth-order valence-electron chi connectivity index (χ4n) is 3.88. The molecule has 3 aliphatic rings. The third-order valence-corrected chi connectivity index (χ3v) is 7.05. The summed E-state index contributed by atoms with van der Waals surface area (Å²) >= 11 is 0. The van der Waals surface area contributed by atoms with Crippen LogP contribution in [0.15, 0.2) is 23.1 Å². The van der Waals surface area contributed by atoms with Crippen molar-refractivity contribution >= 4 is 15.9 Å². The molecule has 1 aromatic rings. The first-order valence-electron chi connectivity index (χ1n) is 8.21. The summed E-state index contributed by atoms with van der Waals surface area (Å²) in [5.41, 5.74) is 1.42. The molecule has 7 heteroatoms. The number of amides is 1. The summed E-state index contributed by atoms with van der Waals surface area (Å²) in [6.07, 6.45) is 2.97. The number of carbonyl (C=O) groups excluding carboxylic acids is 1. The van der Waals surface area contributed by atoms with Crippen LogP contribution in [0.1, 0.15) is 28.8 Å². The molecule has 0 radical (unpaired) electrons. The molecule has 0 saturated carbocycles. The van der Waals surface area contributed by atoms with E-state index in [1.807, 2.05) is 0 Å². The van der Waals surface area contributed by atoms with Crippen molar-refractivity contribution in [1.82, 2.24) is 14.5 Å². The second kappa shape index (κ2) is 5.58. The predicted octanol–water partition coefficient (Wildman–Crippen LogP) is 0.441. The molecule has 4 rings (SSSR count). The SMILES string of the molecule is O=C1NCCc2ccc(S(=O)(=O)N3CCN4CCC[C@H]4C3)cc21. The zero-order chi connectivity index (χ0) is 16.0. The molecule has 0 unspecified atom stereocenters. The number of carbonyl (C=O) groups is 1. The van der Waals surface area contributed by atoms with Gasteiger partial charge in [0.1, 0.15) is 0 Å². The molecule has 0 aliphatic carbocycles. The molecule has 3 aliphatic heterocycles. The first-order valence-corrected chi connectivity index (χ1v) is 9.65. The van der Waals surface area contributed by atoms with Crippen LogP contribution in [-0.2, 0) is 16.4 Å². The van der Waals surface area contributed by atoms with Crippen LogP contribution in [-0.4, -0.2) is 62.3 Å². The molecule has 1 atom stereocenters. The van der Waals surface area contributed by atoms with Gasteiger partial charge in [0.25, 0.3) is 5.91 Å². The van der Waals surface area contributed by atoms with E-state index < -0.39 is 10.0 Å². The van der Waals surface area contributed by atoms with Crippen LogP contribution in [0.5, 0.6) is 0 Å². The summed E-state index contributed by atoms with van der Waals surface area (Å²) in [6.45, 7) is 3.59. The van der Waals surface area contributed by atoms with Gasteiger partial charge in [-0.2, -0.15) is 4.31 Å². The first kappa shape index (κ1) is 15.1. The minimum atomic E-state index is -3.53. The summed E-state index contributed by atoms with van der Waals surface area (Å²) in [4.78, 5) is 14.6. The van der Waals surface area contributed by atoms with Gasteiger partial charge < -0.3 is 5.32 Å². The highest BCUT2D eigenvalue weighted by Gasteiger charge is 2.36. The topological polar surface area (TPSA) is 69.7 Å². The molecule has 2 saturated heterocycles. The average Bonchev–Trinajstić information content (AvgIpc) is 3.02. The van der Waals surface area contributed by atoms with Crippen LogP contribution < -0.4 is 5.32 Å². The van der Waals surface area contributed by atoms with Gasteiger partial charge in [-0.1, -0.05) is 6.07 Å². The lowest BCUT2D eigenvalue weighted by atomic mass is 10.0. The molecular weight excluding hydrogens is 314 g/mol. The molecule has 0 aromatic heterocycles. The minimum Gasteiger partial charge on any atom is -0.352 e. The molecule has 3 heterocycles. The van der Waals surface area contributed by atoms with Crippen molar-refractivity contribution in [3.05, 3.63) is 29.3 Å². The fourth-order valence-corrected chi connectivity index (χ4v) is 5.38. The lowest BCUT2D eigenvalue weighted by Crippen LogP contribution is -2.51. The van der Waals surface area contributed by atoms with Crippen molar-refractivity contribution in [2.75, 3.05) is 32.7 Å². The summed E-state index contributed by atoms with van der Waals surface area (Å²) in [7, 11) is -3.53. The van der Waals surface area contributed by atoms with Gasteiger partial charge in [-0.25, -0.2) is 8.42 Å². The number of nitrogens with one attached hydrogen (secondary N) is 1. The molecule has 2 fully saturated rings. The molecule has 1 N–H and O–H groups in total. The Labute approximate surface area is 136 Å². The molecular formula is C16H21N3O3S. The van der Waals surface area contributed by atoms with Gasteiger partial charge in [0, 0.05) is 37.8 Å². The number of hydrogen-bond acceptors (Lipinski definition) is 4. The standard InChI is InChI=1S/C16H21N3O3S/c20-16-15-10-14(4-3-12(15)5-6-17-16)23(21,22)19-9-8-18-7-1-2-13(18)11-19/h3-4,10,13H,1-2,5-9,11H2,(H,17,20)/t13-/m0/s1. The van der Waals surface area contributed by atoms with Crippen LogP contribution in [0, 0.1) is 0 Å². The van der Waals surface area contributed by atoms with Gasteiger partial charge in [0.2, 0.25) is 10.0 Å². The van der Waals surface area contributed by atoms with Crippen molar-refractivity contribution in [2.45, 2.75) is 30.2 Å². The maximum Gasteiger partial charge on any atom is 0.251 e. The smallest absolute Gasteiger partial charge is 0.251 e. The van der Waals surface area contributed by atoms with E-state index in [2.05, 4.69) is 10.2 Å². The van der Waals surface area contributed by atoms with E-state index in [0.717, 1.165) is 37.9 Å². The van der Waals surface area contributed by atoms with Gasteiger partial charge in [-0.15, -0.1) is 0 Å². The molecule has 1 aromatic carbocycles. The van der Waals surface area contributed by atoms with Crippen LogP contribution in [0.2, 0.25) is 0 Å². The molecule has 23 heavy (non-hydrogen) atoms. The maximum atomic E-state index is 12.9. The summed E-state index contributed by atoms with van der Waals surface area (Å²) in [6, 6.07) is 5.32. The molecule has 0 spiro atoms. The second-order valence-corrected chi connectivity index (χ2v) is 8.46. The van der Waals surface area contributed by atoms with E-state index in [4.69, 9.17) is 0 Å². The van der Waals surface area contributed by atoms with E-state index in [0.29, 0.717) is 31.2 Å². The highest BCUT2D eigenvalue weighted by atomic mass is 32.2. The van der Waals surface area contributed by atoms with Crippen molar-refractivity contribution < 1.29 is 13.2 Å². The third-order valence-electron chi connectivity index (χ3n) is 5.19. The van der Waals surface area contributed by atoms with Crippen molar-refractivity contribution in [3.63, 3.8) is 0 Å². The minimum absolute atomic E-state index is 0.177. The Morgan fingerprint density at radius 3 is 2.91 bits per heavy atom. The molecule has 6 nitrogen and oxygen atoms in total. The van der Waals surface area contributed by atoms with E-state index in [1.165, 1.54) is 0 Å². The van der Waals surface area contributed by atoms with Gasteiger partial charge in [0.05, 0.1) is 4.90 Å². The molecule has 0 bridgehead atoms. The Morgan fingerprint density at radius 2 is 2.04 bits per heavy atom. The van der Waals surface area contributed by atoms with E-state index in [-0.39, 0.29) is 10.8 Å². The molecule has 124 valence electrons. The van der Waals surface area contributed by atoms with Crippen molar-refractivity contribution in [1.29, 1.82) is 0 Å². The normalized spacial score (nSPS) is 25.7. The number of hydrogen-bond donors (Lipinski definition) is 1. The Kier molecular flexibility index (Phi) is 3.66. The van der Waals surface area contributed by atoms with Gasteiger partial charge in [-0.05, 0) is 43.5 Å². The number of rotatable bonds is 2. The van der Waals surface area contributed by atoms with Gasteiger partial charge in [-0.3, -0.25) is 9.69 Å². The number of benzene rings is 1. The molecule has 1 amide bonds. The van der Waals surface area contributed by atoms with E-state index >= 15 is 0 Å². The van der Waals surface area contributed by atoms with E-state index in [1.54, 1.807) is 22.5 Å². The fraction of sp³-hybridized carbons (Fsp3) is 0.562. The highest BCUT2D eigenvalue weighted by molar-refractivity contribution is 7.89. The lowest BCUT2D eigenvalue weighted by Gasteiger charge is -2.36. The summed E-state index contributed by atoms with van der Waals surface area (Å²) in [5, 5.41) is 2.77. The highest BCUT2D eigenvalue weighted by Crippen LogP contribution is 2.27. The third kappa shape index (κ3) is 2.56. The Bertz CT molecular complexity index is 747. The number of piperazine rings is 1. The Balaban J connectivity index is 1.64. The number of fused-ring (bicyclic) bond motifs is 2. The predicted molar refractivity (Wildman–Crippen MR) is 85.8 cm³/mol. The van der Waals surface area contributed by atoms with Crippen LogP contribution in [0.25, 0.3) is 0 Å². The lowest BCUT2D eigenvalue weighted by molar-refractivity contribution is 0.0945. The van der Waals surface area contributed by atoms with Gasteiger partial charge >= 0.3 is 0 Å². The van der Waals surface area contributed by atoms with E-state index in [9.17, 15) is 13.2 Å².